The second kappa shape index (κ2) is 10.4. The van der Waals surface area contributed by atoms with Crippen molar-refractivity contribution in [2.75, 3.05) is 6.61 Å². The highest BCUT2D eigenvalue weighted by atomic mass is 16.6. The van der Waals surface area contributed by atoms with Gasteiger partial charge >= 0.3 is 5.97 Å². The van der Waals surface area contributed by atoms with Gasteiger partial charge in [0.1, 0.15) is 0 Å². The first-order valence-electron chi connectivity index (χ1n) is 12.3. The van der Waals surface area contributed by atoms with Crippen LogP contribution < -0.4 is 10.6 Å². The Hall–Kier alpha value is -3.16. The number of rotatable bonds is 8. The van der Waals surface area contributed by atoms with Crippen LogP contribution in [-0.2, 0) is 14.3 Å². The van der Waals surface area contributed by atoms with Crippen molar-refractivity contribution < 1.29 is 19.2 Å². The van der Waals surface area contributed by atoms with Crippen molar-refractivity contribution in [2.45, 2.75) is 77.2 Å². The first-order chi connectivity index (χ1) is 16.4. The van der Waals surface area contributed by atoms with Crippen LogP contribution in [0, 0.1) is 16.0 Å². The fraction of sp³-hybridized carbons (Fsp3) is 0.538. The lowest BCUT2D eigenvalue weighted by atomic mass is 9.79. The molecule has 0 bridgehead atoms. The topological polar surface area (TPSA) is 111 Å². The Bertz CT molecular complexity index is 1030. The van der Waals surface area contributed by atoms with E-state index in [1.54, 1.807) is 32.0 Å². The van der Waals surface area contributed by atoms with Crippen LogP contribution in [0.2, 0.25) is 0 Å². The van der Waals surface area contributed by atoms with Crippen LogP contribution >= 0.6 is 0 Å². The molecule has 0 spiro atoms. The maximum atomic E-state index is 13.4. The minimum Gasteiger partial charge on any atom is -0.462 e. The average Bonchev–Trinajstić information content (AvgIpc) is 3.63. The van der Waals surface area contributed by atoms with Crippen molar-refractivity contribution in [1.82, 2.24) is 10.6 Å². The number of allylic oxidation sites excluding steroid dienone is 2. The van der Waals surface area contributed by atoms with Crippen LogP contribution in [0.4, 0.5) is 5.69 Å². The maximum Gasteiger partial charge on any atom is 0.336 e. The van der Waals surface area contributed by atoms with E-state index < -0.39 is 16.8 Å². The number of nitrogens with zero attached hydrogens (tertiary/aromatic N) is 1. The number of carbonyl (C=O) groups excluding carboxylic acids is 2. The van der Waals surface area contributed by atoms with Gasteiger partial charge in [0.2, 0.25) is 5.91 Å². The van der Waals surface area contributed by atoms with E-state index in [1.807, 2.05) is 0 Å². The third-order valence-electron chi connectivity index (χ3n) is 7.07. The van der Waals surface area contributed by atoms with Crippen molar-refractivity contribution >= 4 is 17.6 Å². The lowest BCUT2D eigenvalue weighted by molar-refractivity contribution is -0.385. The Labute approximate surface area is 200 Å². The number of carbonyl (C=O) groups is 2. The van der Waals surface area contributed by atoms with Crippen molar-refractivity contribution in [3.05, 3.63) is 62.5 Å². The van der Waals surface area contributed by atoms with Gasteiger partial charge in [-0.2, -0.15) is 0 Å². The van der Waals surface area contributed by atoms with Crippen LogP contribution in [0.15, 0.2) is 46.8 Å². The summed E-state index contributed by atoms with van der Waals surface area (Å²) < 4.78 is 5.70. The molecule has 1 aliphatic heterocycles. The zero-order valence-corrected chi connectivity index (χ0v) is 19.9. The van der Waals surface area contributed by atoms with Gasteiger partial charge in [-0.05, 0) is 39.0 Å². The number of ether oxygens (including phenoxy) is 1. The number of nitrogens with one attached hydrogen (secondary N) is 2. The van der Waals surface area contributed by atoms with Crippen LogP contribution in [-0.4, -0.2) is 29.4 Å². The van der Waals surface area contributed by atoms with Gasteiger partial charge in [0, 0.05) is 34.6 Å². The first-order valence-corrected chi connectivity index (χ1v) is 12.3. The number of nitro groups is 1. The summed E-state index contributed by atoms with van der Waals surface area (Å²) in [5.74, 6) is -1.17. The number of nitro benzene ring substituents is 1. The molecule has 8 nitrogen and oxygen atoms in total. The van der Waals surface area contributed by atoms with E-state index in [9.17, 15) is 19.7 Å². The second-order valence-electron chi connectivity index (χ2n) is 9.63. The molecule has 2 N–H and O–H groups in total. The van der Waals surface area contributed by atoms with Crippen molar-refractivity contribution in [1.29, 1.82) is 0 Å². The summed E-state index contributed by atoms with van der Waals surface area (Å²) in [6, 6.07) is 6.41. The first kappa shape index (κ1) is 24.0. The number of benzene rings is 1. The highest BCUT2D eigenvalue weighted by Gasteiger charge is 2.41. The normalized spacial score (nSPS) is 21.2. The molecule has 0 radical (unpaired) electrons. The lowest BCUT2D eigenvalue weighted by Crippen LogP contribution is -2.37. The monoisotopic (exact) mass is 467 g/mol. The molecule has 1 unspecified atom stereocenters. The molecule has 0 saturated heterocycles. The molecule has 4 rings (SSSR count). The van der Waals surface area contributed by atoms with E-state index in [-0.39, 0.29) is 23.2 Å². The lowest BCUT2D eigenvalue weighted by Gasteiger charge is -2.31. The molecule has 182 valence electrons. The fourth-order valence-electron chi connectivity index (χ4n) is 5.14. The van der Waals surface area contributed by atoms with Gasteiger partial charge in [-0.25, -0.2) is 4.79 Å². The van der Waals surface area contributed by atoms with Crippen molar-refractivity contribution in [3.63, 3.8) is 0 Å². The number of amides is 1. The summed E-state index contributed by atoms with van der Waals surface area (Å²) in [4.78, 5) is 38.0. The van der Waals surface area contributed by atoms with E-state index in [1.165, 1.54) is 25.3 Å². The Balaban J connectivity index is 1.65. The van der Waals surface area contributed by atoms with Crippen molar-refractivity contribution in [2.24, 2.45) is 5.92 Å². The highest BCUT2D eigenvalue weighted by molar-refractivity contribution is 6.02. The van der Waals surface area contributed by atoms with E-state index in [0.717, 1.165) is 32.1 Å². The summed E-state index contributed by atoms with van der Waals surface area (Å²) in [7, 11) is 0. The molecule has 1 aromatic rings. The average molecular weight is 468 g/mol. The van der Waals surface area contributed by atoms with Crippen molar-refractivity contribution in [3.8, 4) is 0 Å². The number of dihydropyridines is 1. The summed E-state index contributed by atoms with van der Waals surface area (Å²) in [6.07, 6.45) is 8.65. The molecular weight excluding hydrogens is 434 g/mol. The molecule has 3 aliphatic rings. The Kier molecular flexibility index (Phi) is 7.34. The van der Waals surface area contributed by atoms with Crippen LogP contribution in [0.3, 0.4) is 0 Å². The van der Waals surface area contributed by atoms with Crippen LogP contribution in [0.25, 0.3) is 0 Å². The van der Waals surface area contributed by atoms with Gasteiger partial charge in [-0.3, -0.25) is 14.9 Å². The predicted octanol–water partition coefficient (Wildman–Crippen LogP) is 4.62. The van der Waals surface area contributed by atoms with Crippen LogP contribution in [0.5, 0.6) is 0 Å². The molecule has 1 aromatic carbocycles. The zero-order chi connectivity index (χ0) is 24.2. The summed E-state index contributed by atoms with van der Waals surface area (Å²) >= 11 is 0. The predicted molar refractivity (Wildman–Crippen MR) is 128 cm³/mol. The van der Waals surface area contributed by atoms with Gasteiger partial charge in [0.05, 0.1) is 23.0 Å². The summed E-state index contributed by atoms with van der Waals surface area (Å²) in [5, 5.41) is 18.0. The van der Waals surface area contributed by atoms with E-state index in [2.05, 4.69) is 10.6 Å². The second-order valence-corrected chi connectivity index (χ2v) is 9.63. The quantitative estimate of drug-likeness (QED) is 0.328. The third kappa shape index (κ3) is 5.32. The largest absolute Gasteiger partial charge is 0.462 e. The van der Waals surface area contributed by atoms with E-state index in [4.69, 9.17) is 4.74 Å². The summed E-state index contributed by atoms with van der Waals surface area (Å²) in [5.41, 5.74) is 1.89. The van der Waals surface area contributed by atoms with Gasteiger partial charge in [-0.15, -0.1) is 0 Å². The summed E-state index contributed by atoms with van der Waals surface area (Å²) in [6.45, 7) is 3.81. The standard InChI is InChI=1S/C26H33N3O5/c1-16-22(25(30)28-19-12-13-19)24(20-10-6-7-11-21(20)29(32)33)23(17(2)27-16)26(31)34-15-14-18-8-4-3-5-9-18/h6-7,10-11,18-19,24,27H,3-5,8-9,12-15H2,1-2H3,(H,28,30). The Morgan fingerprint density at radius 1 is 1.06 bits per heavy atom. The highest BCUT2D eigenvalue weighted by Crippen LogP contribution is 2.42. The van der Waals surface area contributed by atoms with E-state index in [0.29, 0.717) is 35.1 Å². The van der Waals surface area contributed by atoms with Crippen LogP contribution in [0.1, 0.15) is 76.7 Å². The minimum absolute atomic E-state index is 0.108. The minimum atomic E-state index is -0.885. The van der Waals surface area contributed by atoms with Gasteiger partial charge in [0.25, 0.3) is 5.69 Å². The number of para-hydroxylation sites is 1. The molecule has 2 fully saturated rings. The molecule has 8 heteroatoms. The molecule has 2 saturated carbocycles. The number of hydrogen-bond acceptors (Lipinski definition) is 6. The van der Waals surface area contributed by atoms with Gasteiger partial charge in [0.15, 0.2) is 0 Å². The molecular formula is C26H33N3O5. The number of esters is 1. The fourth-order valence-corrected chi connectivity index (χ4v) is 5.14. The van der Waals surface area contributed by atoms with Gasteiger partial charge in [-0.1, -0.05) is 50.3 Å². The molecule has 34 heavy (non-hydrogen) atoms. The number of hydrogen-bond donors (Lipinski definition) is 2. The smallest absolute Gasteiger partial charge is 0.336 e. The molecule has 1 atom stereocenters. The Morgan fingerprint density at radius 2 is 1.74 bits per heavy atom. The Morgan fingerprint density at radius 3 is 2.41 bits per heavy atom. The zero-order valence-electron chi connectivity index (χ0n) is 19.9. The maximum absolute atomic E-state index is 13.4. The van der Waals surface area contributed by atoms with Gasteiger partial charge < -0.3 is 15.4 Å². The molecule has 1 heterocycles. The van der Waals surface area contributed by atoms with E-state index >= 15 is 0 Å². The molecule has 1 amide bonds. The molecule has 2 aliphatic carbocycles. The third-order valence-corrected chi connectivity index (χ3v) is 7.07. The molecule has 0 aromatic heterocycles. The SMILES string of the molecule is CC1=C(C(=O)NC2CC2)C(c2ccccc2[N+](=O)[O-])C(C(=O)OCCC2CCCCC2)=C(C)N1.